The lowest BCUT2D eigenvalue weighted by Gasteiger charge is -2.41. The summed E-state index contributed by atoms with van der Waals surface area (Å²) in [6, 6.07) is 53.6. The fourth-order valence-corrected chi connectivity index (χ4v) is 10.2. The lowest BCUT2D eigenvalue weighted by atomic mass is 9.67. The van der Waals surface area contributed by atoms with E-state index in [9.17, 15) is 0 Å². The summed E-state index contributed by atoms with van der Waals surface area (Å²) in [6.07, 6.45) is 7.36. The van der Waals surface area contributed by atoms with Gasteiger partial charge in [-0.05, 0) is 88.5 Å². The number of ether oxygens (including phenoxy) is 1. The summed E-state index contributed by atoms with van der Waals surface area (Å²) in [4.78, 5) is 24.1. The molecule has 0 N–H and O–H groups in total. The second kappa shape index (κ2) is 12.0. The van der Waals surface area contributed by atoms with Gasteiger partial charge in [0.2, 0.25) is 0 Å². The zero-order valence-corrected chi connectivity index (χ0v) is 30.6. The Morgan fingerprint density at radius 3 is 2.29 bits per heavy atom. The van der Waals surface area contributed by atoms with Crippen molar-refractivity contribution in [2.75, 3.05) is 4.90 Å². The maximum atomic E-state index is 7.00. The largest absolute Gasteiger partial charge is 0.452 e. The summed E-state index contributed by atoms with van der Waals surface area (Å²) in [6.45, 7) is 0. The number of benzene rings is 6. The molecule has 0 saturated carbocycles. The third-order valence-electron chi connectivity index (χ3n) is 11.3. The molecule has 0 amide bonds. The average Bonchev–Trinajstić information content (AvgIpc) is 3.55. The molecule has 2 aliphatic heterocycles. The molecule has 0 saturated heterocycles. The van der Waals surface area contributed by atoms with Gasteiger partial charge in [-0.25, -0.2) is 0 Å². The van der Waals surface area contributed by atoms with Crippen LogP contribution in [-0.4, -0.2) is 19.9 Å². The molecule has 12 rings (SSSR count). The molecule has 9 aromatic rings. The van der Waals surface area contributed by atoms with Gasteiger partial charge in [-0.15, -0.1) is 0 Å². The molecule has 3 aromatic heterocycles. The van der Waals surface area contributed by atoms with Crippen LogP contribution in [-0.2, 0) is 5.41 Å². The van der Waals surface area contributed by atoms with Crippen LogP contribution in [0, 0.1) is 0 Å². The Morgan fingerprint density at radius 2 is 1.32 bits per heavy atom. The monoisotopic (exact) mass is 735 g/mol. The first-order chi connectivity index (χ1) is 27.8. The van der Waals surface area contributed by atoms with Gasteiger partial charge in [0.1, 0.15) is 0 Å². The molecule has 0 bridgehead atoms. The van der Waals surface area contributed by atoms with Crippen molar-refractivity contribution in [3.63, 3.8) is 0 Å². The van der Waals surface area contributed by atoms with Crippen molar-refractivity contribution in [2.24, 2.45) is 0 Å². The number of anilines is 3. The molecule has 5 heterocycles. The fourth-order valence-electron chi connectivity index (χ4n) is 8.98. The molecule has 1 unspecified atom stereocenters. The standard InChI is InChI=1S/C49H29N5OS/c1-2-13-33(14-3-1)54-40-19-5-6-20-42(40)55-47-41(54)23-22-37-48(47)56-43-21-7-4-16-35(43)49(37)36-17-10-24-51-45(36)46-38(49)28-32(29-53-46)30-11-8-12-31(27-30)34-15-9-18-39-44(34)52-26-25-50-39/h1-29H. The van der Waals surface area contributed by atoms with E-state index < -0.39 is 5.41 Å². The van der Waals surface area contributed by atoms with E-state index in [0.717, 1.165) is 94.8 Å². The third-order valence-corrected chi connectivity index (χ3v) is 12.5. The molecule has 56 heavy (non-hydrogen) atoms. The van der Waals surface area contributed by atoms with Gasteiger partial charge in [0.15, 0.2) is 11.5 Å². The molecular formula is C49H29N5OS. The molecule has 3 aliphatic rings. The lowest BCUT2D eigenvalue weighted by molar-refractivity contribution is 0.461. The van der Waals surface area contributed by atoms with Crippen LogP contribution in [0.3, 0.4) is 0 Å². The van der Waals surface area contributed by atoms with E-state index >= 15 is 0 Å². The zero-order valence-electron chi connectivity index (χ0n) is 29.8. The Labute approximate surface area is 327 Å². The summed E-state index contributed by atoms with van der Waals surface area (Å²) in [7, 11) is 0. The smallest absolute Gasteiger partial charge is 0.165 e. The molecule has 6 aromatic carbocycles. The van der Waals surface area contributed by atoms with Crippen molar-refractivity contribution in [3.05, 3.63) is 199 Å². The first kappa shape index (κ1) is 31.3. The van der Waals surface area contributed by atoms with Gasteiger partial charge in [0.25, 0.3) is 0 Å². The minimum absolute atomic E-state index is 0.700. The Hall–Kier alpha value is -7.09. The minimum Gasteiger partial charge on any atom is -0.452 e. The van der Waals surface area contributed by atoms with Crippen LogP contribution in [0.25, 0.3) is 44.7 Å². The van der Waals surface area contributed by atoms with Gasteiger partial charge < -0.3 is 9.64 Å². The number of para-hydroxylation sites is 4. The van der Waals surface area contributed by atoms with Crippen molar-refractivity contribution in [1.29, 1.82) is 0 Å². The molecule has 1 atom stereocenters. The summed E-state index contributed by atoms with van der Waals surface area (Å²) in [5.74, 6) is 1.67. The van der Waals surface area contributed by atoms with Gasteiger partial charge >= 0.3 is 0 Å². The predicted molar refractivity (Wildman–Crippen MR) is 222 cm³/mol. The van der Waals surface area contributed by atoms with Gasteiger partial charge in [-0.1, -0.05) is 103 Å². The number of hydrogen-bond acceptors (Lipinski definition) is 7. The van der Waals surface area contributed by atoms with E-state index in [1.54, 1.807) is 24.2 Å². The van der Waals surface area contributed by atoms with Crippen LogP contribution >= 0.6 is 11.8 Å². The van der Waals surface area contributed by atoms with Gasteiger partial charge in [-0.3, -0.25) is 19.9 Å². The first-order valence-corrected chi connectivity index (χ1v) is 19.4. The fraction of sp³-hybridized carbons (Fsp3) is 0.0204. The van der Waals surface area contributed by atoms with Crippen LogP contribution in [0.2, 0.25) is 0 Å². The van der Waals surface area contributed by atoms with Gasteiger partial charge in [0.05, 0.1) is 44.1 Å². The average molecular weight is 736 g/mol. The van der Waals surface area contributed by atoms with Crippen LogP contribution < -0.4 is 9.64 Å². The van der Waals surface area contributed by atoms with E-state index in [0.29, 0.717) is 0 Å². The second-order valence-electron chi connectivity index (χ2n) is 14.2. The molecule has 0 fully saturated rings. The predicted octanol–water partition coefficient (Wildman–Crippen LogP) is 12.2. The maximum Gasteiger partial charge on any atom is 0.165 e. The van der Waals surface area contributed by atoms with Crippen molar-refractivity contribution < 1.29 is 4.74 Å². The maximum absolute atomic E-state index is 7.00. The lowest BCUT2D eigenvalue weighted by Crippen LogP contribution is -2.32. The van der Waals surface area contributed by atoms with E-state index in [1.807, 2.05) is 30.6 Å². The molecule has 1 aliphatic carbocycles. The van der Waals surface area contributed by atoms with E-state index in [4.69, 9.17) is 19.7 Å². The van der Waals surface area contributed by atoms with E-state index in [-0.39, 0.29) is 0 Å². The quantitative estimate of drug-likeness (QED) is 0.179. The first-order valence-electron chi connectivity index (χ1n) is 18.6. The SMILES string of the molecule is c1ccc(N2c3ccccc3Oc3c2ccc2c3Sc3ccccc3C23c2cccnc2-c2ncc(-c4cccc(-c5cccc6nccnc56)c4)cc23)cc1. The highest BCUT2D eigenvalue weighted by molar-refractivity contribution is 7.99. The summed E-state index contributed by atoms with van der Waals surface area (Å²) < 4.78 is 7.00. The van der Waals surface area contributed by atoms with Gasteiger partial charge in [0, 0.05) is 52.1 Å². The summed E-state index contributed by atoms with van der Waals surface area (Å²) in [5, 5.41) is 0. The number of rotatable bonds is 3. The zero-order chi connectivity index (χ0) is 36.8. The Kier molecular flexibility index (Phi) is 6.68. The van der Waals surface area contributed by atoms with E-state index in [2.05, 4.69) is 143 Å². The number of fused-ring (bicyclic) bond motifs is 13. The number of hydrogen-bond donors (Lipinski definition) is 0. The molecule has 262 valence electrons. The van der Waals surface area contributed by atoms with Crippen LogP contribution in [0.1, 0.15) is 22.3 Å². The number of nitrogens with zero attached hydrogens (tertiary/aromatic N) is 5. The molecule has 6 nitrogen and oxygen atoms in total. The molecular weight excluding hydrogens is 707 g/mol. The van der Waals surface area contributed by atoms with Gasteiger partial charge in [-0.2, -0.15) is 0 Å². The highest BCUT2D eigenvalue weighted by atomic mass is 32.2. The van der Waals surface area contributed by atoms with Crippen molar-refractivity contribution in [3.8, 4) is 45.1 Å². The molecule has 7 heteroatoms. The molecule has 0 radical (unpaired) electrons. The Morgan fingerprint density at radius 1 is 0.518 bits per heavy atom. The van der Waals surface area contributed by atoms with Crippen molar-refractivity contribution >= 4 is 39.9 Å². The normalized spacial score (nSPS) is 15.6. The van der Waals surface area contributed by atoms with Crippen molar-refractivity contribution in [2.45, 2.75) is 15.2 Å². The Balaban J connectivity index is 1.10. The third kappa shape index (κ3) is 4.34. The highest BCUT2D eigenvalue weighted by Gasteiger charge is 2.53. The number of pyridine rings is 2. The second-order valence-corrected chi connectivity index (χ2v) is 15.3. The minimum atomic E-state index is -0.700. The summed E-state index contributed by atoms with van der Waals surface area (Å²) in [5.41, 5.74) is 14.7. The van der Waals surface area contributed by atoms with Crippen molar-refractivity contribution in [1.82, 2.24) is 19.9 Å². The molecule has 1 spiro atoms. The Bertz CT molecular complexity index is 3070. The van der Waals surface area contributed by atoms with Crippen LogP contribution in [0.15, 0.2) is 186 Å². The van der Waals surface area contributed by atoms with Crippen LogP contribution in [0.4, 0.5) is 17.1 Å². The summed E-state index contributed by atoms with van der Waals surface area (Å²) >= 11 is 1.78. The van der Waals surface area contributed by atoms with Crippen LogP contribution in [0.5, 0.6) is 11.5 Å². The number of aromatic nitrogens is 4. The highest BCUT2D eigenvalue weighted by Crippen LogP contribution is 2.65. The van der Waals surface area contributed by atoms with E-state index in [1.165, 1.54) is 10.5 Å². The topological polar surface area (TPSA) is 64.0 Å².